The van der Waals surface area contributed by atoms with Crippen LogP contribution >= 0.6 is 0 Å². The Labute approximate surface area is 141 Å². The van der Waals surface area contributed by atoms with Crippen LogP contribution in [0, 0.1) is 24.2 Å². The average Bonchev–Trinajstić information content (AvgIpc) is 2.55. The monoisotopic (exact) mass is 321 g/mol. The second-order valence-corrected chi connectivity index (χ2v) is 5.79. The molecule has 0 aliphatic rings. The highest BCUT2D eigenvalue weighted by atomic mass is 16.2. The summed E-state index contributed by atoms with van der Waals surface area (Å²) in [6, 6.07) is 14.6. The zero-order valence-electron chi connectivity index (χ0n) is 13.9. The van der Waals surface area contributed by atoms with Crippen LogP contribution < -0.4 is 5.32 Å². The highest BCUT2D eigenvalue weighted by Crippen LogP contribution is 2.20. The fraction of sp³-hybridized carbons (Fsp3) is 0.263. The molecule has 2 aromatic rings. The second kappa shape index (κ2) is 7.51. The zero-order valence-corrected chi connectivity index (χ0v) is 13.9. The van der Waals surface area contributed by atoms with Gasteiger partial charge in [0.2, 0.25) is 5.91 Å². The van der Waals surface area contributed by atoms with Gasteiger partial charge in [-0.2, -0.15) is 5.26 Å². The SMILES string of the molecule is Cc1nc(-c2ccccc2)ccc1C(=O)[C@@H](C#N)C(=O)NC(C)C. The van der Waals surface area contributed by atoms with Gasteiger partial charge in [-0.1, -0.05) is 30.3 Å². The van der Waals surface area contributed by atoms with E-state index < -0.39 is 17.6 Å². The van der Waals surface area contributed by atoms with E-state index >= 15 is 0 Å². The molecule has 5 nitrogen and oxygen atoms in total. The smallest absolute Gasteiger partial charge is 0.245 e. The topological polar surface area (TPSA) is 82.8 Å². The Morgan fingerprint density at radius 3 is 2.33 bits per heavy atom. The number of hydrogen-bond donors (Lipinski definition) is 1. The number of pyridine rings is 1. The first-order chi connectivity index (χ1) is 11.4. The van der Waals surface area contributed by atoms with Gasteiger partial charge in [-0.05, 0) is 32.9 Å². The maximum Gasteiger partial charge on any atom is 0.245 e. The maximum atomic E-state index is 12.5. The third-order valence-corrected chi connectivity index (χ3v) is 3.51. The number of carbonyl (C=O) groups excluding carboxylic acids is 2. The van der Waals surface area contributed by atoms with E-state index in [2.05, 4.69) is 10.3 Å². The summed E-state index contributed by atoms with van der Waals surface area (Å²) in [5.41, 5.74) is 2.47. The van der Waals surface area contributed by atoms with Gasteiger partial charge in [-0.15, -0.1) is 0 Å². The van der Waals surface area contributed by atoms with Crippen molar-refractivity contribution in [3.8, 4) is 17.3 Å². The molecule has 24 heavy (non-hydrogen) atoms. The average molecular weight is 321 g/mol. The molecule has 0 radical (unpaired) electrons. The number of carbonyl (C=O) groups is 2. The minimum atomic E-state index is -1.37. The van der Waals surface area contributed by atoms with Gasteiger partial charge in [-0.25, -0.2) is 0 Å². The number of aryl methyl sites for hydroxylation is 1. The quantitative estimate of drug-likeness (QED) is 0.678. The highest BCUT2D eigenvalue weighted by molar-refractivity contribution is 6.12. The number of nitrogens with one attached hydrogen (secondary N) is 1. The molecule has 1 aromatic heterocycles. The normalized spacial score (nSPS) is 11.6. The Hall–Kier alpha value is -3.00. The molecular weight excluding hydrogens is 302 g/mol. The number of Topliss-reactive ketones (excluding diaryl/α,β-unsaturated/α-hetero) is 1. The van der Waals surface area contributed by atoms with Gasteiger partial charge >= 0.3 is 0 Å². The van der Waals surface area contributed by atoms with Crippen LogP contribution in [0.5, 0.6) is 0 Å². The van der Waals surface area contributed by atoms with E-state index in [9.17, 15) is 14.9 Å². The van der Waals surface area contributed by atoms with Crippen LogP contribution in [0.2, 0.25) is 0 Å². The van der Waals surface area contributed by atoms with Gasteiger partial charge in [0.05, 0.1) is 11.8 Å². The molecule has 1 amide bonds. The molecule has 5 heteroatoms. The van der Waals surface area contributed by atoms with Crippen LogP contribution in [0.1, 0.15) is 29.9 Å². The van der Waals surface area contributed by atoms with Crippen molar-refractivity contribution in [2.24, 2.45) is 5.92 Å². The zero-order chi connectivity index (χ0) is 17.7. The molecule has 0 spiro atoms. The van der Waals surface area contributed by atoms with E-state index in [1.807, 2.05) is 30.3 Å². The second-order valence-electron chi connectivity index (χ2n) is 5.79. The highest BCUT2D eigenvalue weighted by Gasteiger charge is 2.29. The van der Waals surface area contributed by atoms with E-state index in [-0.39, 0.29) is 6.04 Å². The molecule has 122 valence electrons. The van der Waals surface area contributed by atoms with Crippen molar-refractivity contribution in [2.75, 3.05) is 0 Å². The summed E-state index contributed by atoms with van der Waals surface area (Å²) in [7, 11) is 0. The molecule has 1 heterocycles. The van der Waals surface area contributed by atoms with Gasteiger partial charge in [0.1, 0.15) is 0 Å². The number of nitrogens with zero attached hydrogens (tertiary/aromatic N) is 2. The van der Waals surface area contributed by atoms with E-state index in [1.54, 1.807) is 39.0 Å². The number of nitriles is 1. The Kier molecular flexibility index (Phi) is 5.43. The van der Waals surface area contributed by atoms with Crippen LogP contribution in [-0.4, -0.2) is 22.7 Å². The first-order valence-electron chi connectivity index (χ1n) is 7.71. The molecule has 1 N–H and O–H groups in total. The van der Waals surface area contributed by atoms with Crippen molar-refractivity contribution in [3.05, 3.63) is 53.7 Å². The molecule has 0 unspecified atom stereocenters. The summed E-state index contributed by atoms with van der Waals surface area (Å²) in [6.45, 7) is 5.25. The number of aromatic nitrogens is 1. The van der Waals surface area contributed by atoms with Crippen molar-refractivity contribution in [2.45, 2.75) is 26.8 Å². The van der Waals surface area contributed by atoms with Gasteiger partial charge in [0, 0.05) is 22.9 Å². The summed E-state index contributed by atoms with van der Waals surface area (Å²) >= 11 is 0. The molecule has 0 saturated carbocycles. The van der Waals surface area contributed by atoms with Gasteiger partial charge in [-0.3, -0.25) is 14.6 Å². The van der Waals surface area contributed by atoms with E-state index in [4.69, 9.17) is 0 Å². The fourth-order valence-electron chi connectivity index (χ4n) is 2.35. The standard InChI is InChI=1S/C19H19N3O2/c1-12(2)21-19(24)16(11-20)18(23)15-9-10-17(22-13(15)3)14-7-5-4-6-8-14/h4-10,12,16H,1-3H3,(H,21,24)/t16-/m1/s1. The van der Waals surface area contributed by atoms with Crippen molar-refractivity contribution in [1.29, 1.82) is 5.26 Å². The van der Waals surface area contributed by atoms with E-state index in [1.165, 1.54) is 0 Å². The van der Waals surface area contributed by atoms with Crippen LogP contribution in [0.4, 0.5) is 0 Å². The number of ketones is 1. The molecule has 1 aromatic carbocycles. The predicted molar refractivity (Wildman–Crippen MR) is 91.1 cm³/mol. The molecule has 2 rings (SSSR count). The summed E-state index contributed by atoms with van der Waals surface area (Å²) in [6.07, 6.45) is 0. The van der Waals surface area contributed by atoms with E-state index in [0.717, 1.165) is 11.3 Å². The predicted octanol–water partition coefficient (Wildman–Crippen LogP) is 2.90. The van der Waals surface area contributed by atoms with Crippen molar-refractivity contribution < 1.29 is 9.59 Å². The largest absolute Gasteiger partial charge is 0.352 e. The Balaban J connectivity index is 2.30. The minimum absolute atomic E-state index is 0.138. The Morgan fingerprint density at radius 1 is 1.12 bits per heavy atom. The molecular formula is C19H19N3O2. The van der Waals surface area contributed by atoms with E-state index in [0.29, 0.717) is 11.3 Å². The van der Waals surface area contributed by atoms with Gasteiger partial charge < -0.3 is 5.32 Å². The summed E-state index contributed by atoms with van der Waals surface area (Å²) in [5.74, 6) is -2.47. The maximum absolute atomic E-state index is 12.5. The van der Waals surface area contributed by atoms with Gasteiger partial charge in [0.25, 0.3) is 0 Å². The Bertz CT molecular complexity index is 792. The third-order valence-electron chi connectivity index (χ3n) is 3.51. The lowest BCUT2D eigenvalue weighted by molar-refractivity contribution is -0.122. The number of amides is 1. The lowest BCUT2D eigenvalue weighted by atomic mass is 9.96. The minimum Gasteiger partial charge on any atom is -0.352 e. The first kappa shape index (κ1) is 17.4. The molecule has 0 aliphatic carbocycles. The van der Waals surface area contributed by atoms with Crippen LogP contribution in [0.25, 0.3) is 11.3 Å². The Morgan fingerprint density at radius 2 is 1.79 bits per heavy atom. The first-order valence-corrected chi connectivity index (χ1v) is 7.71. The lowest BCUT2D eigenvalue weighted by Crippen LogP contribution is -2.38. The van der Waals surface area contributed by atoms with Crippen molar-refractivity contribution in [3.63, 3.8) is 0 Å². The number of rotatable bonds is 5. The third kappa shape index (κ3) is 3.85. The van der Waals surface area contributed by atoms with Crippen molar-refractivity contribution in [1.82, 2.24) is 10.3 Å². The number of hydrogen-bond acceptors (Lipinski definition) is 4. The van der Waals surface area contributed by atoms with Crippen LogP contribution in [0.3, 0.4) is 0 Å². The molecule has 1 atom stereocenters. The fourth-order valence-corrected chi connectivity index (χ4v) is 2.35. The summed E-state index contributed by atoms with van der Waals surface area (Å²) in [4.78, 5) is 29.0. The number of benzene rings is 1. The molecule has 0 bridgehead atoms. The van der Waals surface area contributed by atoms with Gasteiger partial charge in [0.15, 0.2) is 11.7 Å². The summed E-state index contributed by atoms with van der Waals surface area (Å²) < 4.78 is 0. The summed E-state index contributed by atoms with van der Waals surface area (Å²) in [5, 5.41) is 11.8. The molecule has 0 fully saturated rings. The van der Waals surface area contributed by atoms with Crippen LogP contribution in [-0.2, 0) is 4.79 Å². The lowest BCUT2D eigenvalue weighted by Gasteiger charge is -2.13. The van der Waals surface area contributed by atoms with Crippen molar-refractivity contribution >= 4 is 11.7 Å². The molecule has 0 saturated heterocycles. The molecule has 0 aliphatic heterocycles. The van der Waals surface area contributed by atoms with Crippen LogP contribution in [0.15, 0.2) is 42.5 Å².